The summed E-state index contributed by atoms with van der Waals surface area (Å²) in [6.07, 6.45) is 3.85. The Bertz CT molecular complexity index is 1100. The number of fused-ring (bicyclic) bond motifs is 1. The molecule has 3 rings (SSSR count). The van der Waals surface area contributed by atoms with Crippen LogP contribution in [-0.2, 0) is 4.79 Å². The SMILES string of the molecule is COc1ccc(-n2cc(/C=C/C(=O)O)c3cc(OC)cc(O)c3c2=O)cc1. The number of carboxylic acid groups (broad SMARTS) is 1. The predicted octanol–water partition coefficient (Wildman–Crippen LogP) is 2.81. The summed E-state index contributed by atoms with van der Waals surface area (Å²) >= 11 is 0. The second-order valence-corrected chi connectivity index (χ2v) is 5.70. The number of aromatic hydroxyl groups is 1. The number of carbonyl (C=O) groups is 1. The molecule has 0 saturated heterocycles. The van der Waals surface area contributed by atoms with E-state index in [4.69, 9.17) is 14.6 Å². The minimum absolute atomic E-state index is 0.0687. The van der Waals surface area contributed by atoms with Crippen LogP contribution in [0.1, 0.15) is 5.56 Å². The fraction of sp³-hybridized carbons (Fsp3) is 0.100. The van der Waals surface area contributed by atoms with Gasteiger partial charge in [0.05, 0.1) is 19.6 Å². The number of ether oxygens (including phenoxy) is 2. The molecule has 3 aromatic rings. The summed E-state index contributed by atoms with van der Waals surface area (Å²) in [4.78, 5) is 23.9. The van der Waals surface area contributed by atoms with E-state index in [1.54, 1.807) is 30.3 Å². The number of benzene rings is 2. The number of rotatable bonds is 5. The number of pyridine rings is 1. The number of methoxy groups -OCH3 is 2. The Balaban J connectivity index is 2.34. The molecule has 0 bridgehead atoms. The lowest BCUT2D eigenvalue weighted by Gasteiger charge is -2.13. The quantitative estimate of drug-likeness (QED) is 0.673. The second kappa shape index (κ2) is 7.25. The average Bonchev–Trinajstić information content (AvgIpc) is 2.67. The first-order chi connectivity index (χ1) is 12.9. The van der Waals surface area contributed by atoms with Gasteiger partial charge in [0.2, 0.25) is 0 Å². The molecule has 27 heavy (non-hydrogen) atoms. The third-order valence-electron chi connectivity index (χ3n) is 4.09. The molecule has 0 unspecified atom stereocenters. The van der Waals surface area contributed by atoms with Crippen LogP contribution >= 0.6 is 0 Å². The maximum Gasteiger partial charge on any atom is 0.328 e. The lowest BCUT2D eigenvalue weighted by molar-refractivity contribution is -0.131. The highest BCUT2D eigenvalue weighted by Gasteiger charge is 2.14. The van der Waals surface area contributed by atoms with Gasteiger partial charge >= 0.3 is 5.97 Å². The highest BCUT2D eigenvalue weighted by Crippen LogP contribution is 2.31. The van der Waals surface area contributed by atoms with Crippen molar-refractivity contribution in [3.8, 4) is 22.9 Å². The number of phenolic OH excluding ortho intramolecular Hbond substituents is 1. The molecule has 2 N–H and O–H groups in total. The number of aliphatic carboxylic acids is 1. The Morgan fingerprint density at radius 2 is 1.74 bits per heavy atom. The largest absolute Gasteiger partial charge is 0.507 e. The first-order valence-electron chi connectivity index (χ1n) is 7.96. The monoisotopic (exact) mass is 367 g/mol. The van der Waals surface area contributed by atoms with Crippen LogP contribution in [0.5, 0.6) is 17.2 Å². The van der Waals surface area contributed by atoms with Crippen molar-refractivity contribution in [2.24, 2.45) is 0 Å². The Morgan fingerprint density at radius 3 is 2.33 bits per heavy atom. The van der Waals surface area contributed by atoms with Crippen LogP contribution in [0, 0.1) is 0 Å². The summed E-state index contributed by atoms with van der Waals surface area (Å²) in [5, 5.41) is 19.8. The van der Waals surface area contributed by atoms with Gasteiger partial charge in [-0.1, -0.05) is 0 Å². The van der Waals surface area contributed by atoms with Crippen molar-refractivity contribution in [1.29, 1.82) is 0 Å². The van der Waals surface area contributed by atoms with Crippen LogP contribution in [0.4, 0.5) is 0 Å². The van der Waals surface area contributed by atoms with Crippen molar-refractivity contribution >= 4 is 22.8 Å². The van der Waals surface area contributed by atoms with Gasteiger partial charge in [0.1, 0.15) is 17.2 Å². The number of carboxylic acids is 1. The number of phenols is 1. The van der Waals surface area contributed by atoms with Gasteiger partial charge in [-0.25, -0.2) is 4.79 Å². The molecule has 0 radical (unpaired) electrons. The number of nitrogens with zero attached hydrogens (tertiary/aromatic N) is 1. The van der Waals surface area contributed by atoms with Gasteiger partial charge in [0.25, 0.3) is 5.56 Å². The lowest BCUT2D eigenvalue weighted by atomic mass is 10.0. The van der Waals surface area contributed by atoms with Gasteiger partial charge in [0.15, 0.2) is 0 Å². The Labute approximate surface area is 154 Å². The maximum absolute atomic E-state index is 13.0. The Morgan fingerprint density at radius 1 is 1.07 bits per heavy atom. The van der Waals surface area contributed by atoms with Gasteiger partial charge in [-0.2, -0.15) is 0 Å². The smallest absolute Gasteiger partial charge is 0.328 e. The molecule has 0 aliphatic rings. The third kappa shape index (κ3) is 3.48. The molecule has 0 atom stereocenters. The number of hydrogen-bond donors (Lipinski definition) is 2. The van der Waals surface area contributed by atoms with Gasteiger partial charge in [0, 0.05) is 29.4 Å². The number of hydrogen-bond acceptors (Lipinski definition) is 5. The lowest BCUT2D eigenvalue weighted by Crippen LogP contribution is -2.19. The van der Waals surface area contributed by atoms with Crippen LogP contribution in [0.15, 0.2) is 53.5 Å². The molecule has 7 heteroatoms. The van der Waals surface area contributed by atoms with Crippen molar-refractivity contribution in [2.75, 3.05) is 14.2 Å². The predicted molar refractivity (Wildman–Crippen MR) is 101 cm³/mol. The molecule has 0 saturated carbocycles. The molecule has 1 heterocycles. The molecule has 0 fully saturated rings. The van der Waals surface area contributed by atoms with Crippen LogP contribution in [0.3, 0.4) is 0 Å². The molecule has 0 aliphatic carbocycles. The highest BCUT2D eigenvalue weighted by molar-refractivity contribution is 5.97. The minimum Gasteiger partial charge on any atom is -0.507 e. The summed E-state index contributed by atoms with van der Waals surface area (Å²) in [5.74, 6) is -0.391. The van der Waals surface area contributed by atoms with Gasteiger partial charge in [-0.15, -0.1) is 0 Å². The van der Waals surface area contributed by atoms with E-state index in [2.05, 4.69) is 0 Å². The van der Waals surface area contributed by atoms with E-state index < -0.39 is 11.5 Å². The highest BCUT2D eigenvalue weighted by atomic mass is 16.5. The van der Waals surface area contributed by atoms with Crippen LogP contribution in [-0.4, -0.2) is 35.0 Å². The zero-order chi connectivity index (χ0) is 19.6. The zero-order valence-electron chi connectivity index (χ0n) is 14.7. The van der Waals surface area contributed by atoms with Crippen molar-refractivity contribution < 1.29 is 24.5 Å². The first-order valence-corrected chi connectivity index (χ1v) is 7.96. The van der Waals surface area contributed by atoms with Crippen molar-refractivity contribution in [3.63, 3.8) is 0 Å². The second-order valence-electron chi connectivity index (χ2n) is 5.70. The molecule has 0 amide bonds. The molecule has 0 aliphatic heterocycles. The van der Waals surface area contributed by atoms with E-state index in [-0.39, 0.29) is 11.1 Å². The molecule has 0 spiro atoms. The van der Waals surface area contributed by atoms with Crippen molar-refractivity contribution in [3.05, 3.63) is 64.6 Å². The zero-order valence-corrected chi connectivity index (χ0v) is 14.7. The molecule has 2 aromatic carbocycles. The van der Waals surface area contributed by atoms with E-state index in [1.807, 2.05) is 0 Å². The maximum atomic E-state index is 13.0. The molecule has 7 nitrogen and oxygen atoms in total. The summed E-state index contributed by atoms with van der Waals surface area (Å²) in [6, 6.07) is 9.71. The average molecular weight is 367 g/mol. The van der Waals surface area contributed by atoms with E-state index in [0.717, 1.165) is 6.08 Å². The fourth-order valence-electron chi connectivity index (χ4n) is 2.79. The minimum atomic E-state index is -1.13. The molecular formula is C20H17NO6. The van der Waals surface area contributed by atoms with Crippen molar-refractivity contribution in [2.45, 2.75) is 0 Å². The van der Waals surface area contributed by atoms with Crippen LogP contribution < -0.4 is 15.0 Å². The number of aromatic nitrogens is 1. The van der Waals surface area contributed by atoms with E-state index >= 15 is 0 Å². The summed E-state index contributed by atoms with van der Waals surface area (Å²) in [5.41, 5.74) is 0.544. The van der Waals surface area contributed by atoms with Crippen molar-refractivity contribution in [1.82, 2.24) is 4.57 Å². The van der Waals surface area contributed by atoms with E-state index in [1.165, 1.54) is 37.1 Å². The third-order valence-corrected chi connectivity index (χ3v) is 4.09. The first kappa shape index (κ1) is 18.1. The topological polar surface area (TPSA) is 98.0 Å². The normalized spacial score (nSPS) is 11.0. The summed E-state index contributed by atoms with van der Waals surface area (Å²) < 4.78 is 11.6. The fourth-order valence-corrected chi connectivity index (χ4v) is 2.79. The van der Waals surface area contributed by atoms with Gasteiger partial charge < -0.3 is 19.7 Å². The Hall–Kier alpha value is -3.74. The summed E-state index contributed by atoms with van der Waals surface area (Å²) in [7, 11) is 2.98. The van der Waals surface area contributed by atoms with Crippen LogP contribution in [0.25, 0.3) is 22.5 Å². The van der Waals surface area contributed by atoms with E-state index in [0.29, 0.717) is 28.1 Å². The summed E-state index contributed by atoms with van der Waals surface area (Å²) in [6.45, 7) is 0. The van der Waals surface area contributed by atoms with Gasteiger partial charge in [-0.3, -0.25) is 9.36 Å². The standard InChI is InChI=1S/C20H17NO6/c1-26-14-6-4-13(5-7-14)21-11-12(3-8-18(23)24)16-9-15(27-2)10-17(22)19(16)20(21)25/h3-11,22H,1-2H3,(H,23,24)/b8-3+. The Kier molecular flexibility index (Phi) is 4.85. The van der Waals surface area contributed by atoms with E-state index in [9.17, 15) is 14.7 Å². The molecule has 138 valence electrons. The van der Waals surface area contributed by atoms with Gasteiger partial charge in [-0.05, 0) is 42.0 Å². The molecular weight excluding hydrogens is 350 g/mol. The van der Waals surface area contributed by atoms with Crippen LogP contribution in [0.2, 0.25) is 0 Å². The molecule has 1 aromatic heterocycles.